The first-order valence-electron chi connectivity index (χ1n) is 6.93. The van der Waals surface area contributed by atoms with Crippen LogP contribution < -0.4 is 17.2 Å². The summed E-state index contributed by atoms with van der Waals surface area (Å²) in [5, 5.41) is 25.1. The first-order chi connectivity index (χ1) is 11.1. The van der Waals surface area contributed by atoms with Crippen LogP contribution in [0.25, 0.3) is 0 Å². The Hall–Kier alpha value is -0.660. The third-order valence-electron chi connectivity index (χ3n) is 2.50. The molecule has 0 fully saturated rings. The van der Waals surface area contributed by atoms with Gasteiger partial charge in [0.05, 0.1) is 0 Å². The second kappa shape index (κ2) is 15.8. The van der Waals surface area contributed by atoms with E-state index in [1.807, 2.05) is 0 Å². The summed E-state index contributed by atoms with van der Waals surface area (Å²) in [6, 6.07) is -2.39. The van der Waals surface area contributed by atoms with Crippen molar-refractivity contribution in [3.8, 4) is 0 Å². The molecule has 0 aliphatic heterocycles. The van der Waals surface area contributed by atoms with E-state index in [-0.39, 0.29) is 0 Å². The van der Waals surface area contributed by atoms with Crippen LogP contribution >= 0.6 is 34.2 Å². The highest BCUT2D eigenvalue weighted by Crippen LogP contribution is 2.23. The molecule has 0 bridgehead atoms. The van der Waals surface area contributed by atoms with Crippen LogP contribution in [0.2, 0.25) is 0 Å². The van der Waals surface area contributed by atoms with Crippen LogP contribution in [0.4, 0.5) is 0 Å². The van der Waals surface area contributed by atoms with E-state index in [2.05, 4.69) is 12.6 Å². The van der Waals surface area contributed by atoms with Crippen LogP contribution in [0.3, 0.4) is 0 Å². The Morgan fingerprint density at radius 2 is 1.04 bits per heavy atom. The molecule has 12 heteroatoms. The zero-order chi connectivity index (χ0) is 19.1. The van der Waals surface area contributed by atoms with Gasteiger partial charge in [0.15, 0.2) is 0 Å². The standard InChI is InChI=1S/C8H16N2O4S2.C4H9NO2S/c9-5(7(11)12)1-3-15-16-4-2-6(10)8(13)14;5-3(1-2-8)4(6)7/h5-6H,1-4,9-10H2,(H,11,12)(H,13,14);3,8H,1-2,5H2,(H,6,7). The number of carbonyl (C=O) groups is 3. The number of aliphatic carboxylic acids is 3. The van der Waals surface area contributed by atoms with E-state index in [0.29, 0.717) is 36.5 Å². The van der Waals surface area contributed by atoms with E-state index >= 15 is 0 Å². The minimum Gasteiger partial charge on any atom is -0.480 e. The summed E-state index contributed by atoms with van der Waals surface area (Å²) < 4.78 is 0. The van der Waals surface area contributed by atoms with E-state index < -0.39 is 36.0 Å². The van der Waals surface area contributed by atoms with Gasteiger partial charge in [0.1, 0.15) is 18.1 Å². The van der Waals surface area contributed by atoms with Crippen molar-refractivity contribution >= 4 is 52.1 Å². The lowest BCUT2D eigenvalue weighted by Gasteiger charge is -2.06. The molecular weight excluding hydrogens is 378 g/mol. The van der Waals surface area contributed by atoms with Crippen molar-refractivity contribution in [1.29, 1.82) is 0 Å². The predicted octanol–water partition coefficient (Wildman–Crippen LogP) is -0.310. The molecule has 0 aromatic heterocycles. The van der Waals surface area contributed by atoms with Crippen LogP contribution in [0.1, 0.15) is 19.3 Å². The van der Waals surface area contributed by atoms with E-state index in [1.54, 1.807) is 0 Å². The van der Waals surface area contributed by atoms with Gasteiger partial charge in [0, 0.05) is 11.5 Å². The average molecular weight is 404 g/mol. The van der Waals surface area contributed by atoms with E-state index in [9.17, 15) is 14.4 Å². The summed E-state index contributed by atoms with van der Waals surface area (Å²) in [5.74, 6) is -1.19. The van der Waals surface area contributed by atoms with Crippen LogP contribution in [-0.2, 0) is 14.4 Å². The smallest absolute Gasteiger partial charge is 0.320 e. The van der Waals surface area contributed by atoms with Crippen molar-refractivity contribution in [2.45, 2.75) is 37.4 Å². The van der Waals surface area contributed by atoms with Crippen molar-refractivity contribution in [1.82, 2.24) is 0 Å². The summed E-state index contributed by atoms with van der Waals surface area (Å²) in [6.45, 7) is 0. The van der Waals surface area contributed by atoms with Crippen molar-refractivity contribution in [2.75, 3.05) is 17.3 Å². The number of carboxylic acid groups (broad SMARTS) is 3. The topological polar surface area (TPSA) is 190 Å². The van der Waals surface area contributed by atoms with Crippen LogP contribution in [0.15, 0.2) is 0 Å². The maximum absolute atomic E-state index is 10.4. The summed E-state index contributed by atoms with van der Waals surface area (Å²) in [5.41, 5.74) is 15.7. The predicted molar refractivity (Wildman–Crippen MR) is 99.5 cm³/mol. The minimum absolute atomic E-state index is 0.401. The van der Waals surface area contributed by atoms with Crippen molar-refractivity contribution < 1.29 is 29.7 Å². The molecule has 3 atom stereocenters. The lowest BCUT2D eigenvalue weighted by molar-refractivity contribution is -0.139. The highest BCUT2D eigenvalue weighted by atomic mass is 33.1. The normalized spacial score (nSPS) is 14.0. The maximum Gasteiger partial charge on any atom is 0.320 e. The van der Waals surface area contributed by atoms with Gasteiger partial charge in [-0.25, -0.2) is 0 Å². The SMILES string of the molecule is NC(CCS)C(=O)O.NC(CCSSCCC(N)C(=O)O)C(=O)O. The third-order valence-corrected chi connectivity index (χ3v) is 5.23. The quantitative estimate of drug-likeness (QED) is 0.128. The Balaban J connectivity index is 0. The second-order valence-electron chi connectivity index (χ2n) is 4.57. The van der Waals surface area contributed by atoms with Crippen molar-refractivity contribution in [3.63, 3.8) is 0 Å². The molecule has 0 heterocycles. The number of nitrogens with two attached hydrogens (primary N) is 3. The first kappa shape index (κ1) is 25.6. The van der Waals surface area contributed by atoms with Crippen LogP contribution in [0, 0.1) is 0 Å². The van der Waals surface area contributed by atoms with E-state index in [0.717, 1.165) is 0 Å². The summed E-state index contributed by atoms with van der Waals surface area (Å²) in [6.07, 6.45) is 1.23. The van der Waals surface area contributed by atoms with Gasteiger partial charge in [0.25, 0.3) is 0 Å². The lowest BCUT2D eigenvalue weighted by atomic mass is 10.2. The lowest BCUT2D eigenvalue weighted by Crippen LogP contribution is -2.30. The Morgan fingerprint density at radius 1 is 0.750 bits per heavy atom. The van der Waals surface area contributed by atoms with Gasteiger partial charge < -0.3 is 32.5 Å². The summed E-state index contributed by atoms with van der Waals surface area (Å²) >= 11 is 3.81. The second-order valence-corrected chi connectivity index (χ2v) is 7.72. The molecule has 142 valence electrons. The van der Waals surface area contributed by atoms with Gasteiger partial charge >= 0.3 is 17.9 Å². The molecule has 3 unspecified atom stereocenters. The number of carboxylic acids is 3. The third kappa shape index (κ3) is 16.2. The highest BCUT2D eigenvalue weighted by molar-refractivity contribution is 8.76. The molecule has 0 aliphatic rings. The average Bonchev–Trinajstić information content (AvgIpc) is 2.50. The number of hydrogen-bond donors (Lipinski definition) is 7. The Labute approximate surface area is 153 Å². The Morgan fingerprint density at radius 3 is 1.25 bits per heavy atom. The van der Waals surface area contributed by atoms with Crippen molar-refractivity contribution in [2.24, 2.45) is 17.2 Å². The fourth-order valence-corrected chi connectivity index (χ4v) is 3.48. The molecule has 0 saturated heterocycles. The largest absolute Gasteiger partial charge is 0.480 e. The molecule has 0 aliphatic carbocycles. The van der Waals surface area contributed by atoms with Gasteiger partial charge in [-0.1, -0.05) is 21.6 Å². The molecule has 0 aromatic carbocycles. The summed E-state index contributed by atoms with van der Waals surface area (Å²) in [4.78, 5) is 30.7. The van der Waals surface area contributed by atoms with Crippen molar-refractivity contribution in [3.05, 3.63) is 0 Å². The monoisotopic (exact) mass is 403 g/mol. The highest BCUT2D eigenvalue weighted by Gasteiger charge is 2.12. The Kier molecular flexibility index (Phi) is 16.9. The molecule has 0 aromatic rings. The fourth-order valence-electron chi connectivity index (χ4n) is 0.978. The molecule has 24 heavy (non-hydrogen) atoms. The van der Waals surface area contributed by atoms with Crippen LogP contribution in [-0.4, -0.2) is 68.6 Å². The van der Waals surface area contributed by atoms with Crippen LogP contribution in [0.5, 0.6) is 0 Å². The maximum atomic E-state index is 10.4. The van der Waals surface area contributed by atoms with Gasteiger partial charge in [0.2, 0.25) is 0 Å². The van der Waals surface area contributed by atoms with E-state index in [1.165, 1.54) is 21.6 Å². The molecule has 0 amide bonds. The number of rotatable bonds is 12. The zero-order valence-corrected chi connectivity index (χ0v) is 15.6. The van der Waals surface area contributed by atoms with Gasteiger partial charge in [-0.3, -0.25) is 14.4 Å². The summed E-state index contributed by atoms with van der Waals surface area (Å²) in [7, 11) is 2.96. The van der Waals surface area contributed by atoms with E-state index in [4.69, 9.17) is 32.5 Å². The molecule has 0 radical (unpaired) electrons. The number of thiol groups is 1. The number of hydrogen-bond acceptors (Lipinski definition) is 9. The van der Waals surface area contributed by atoms with Gasteiger partial charge in [-0.15, -0.1) is 0 Å². The fraction of sp³-hybridized carbons (Fsp3) is 0.750. The molecule has 0 rings (SSSR count). The molecule has 9 N–H and O–H groups in total. The molecule has 0 saturated carbocycles. The van der Waals surface area contributed by atoms with Gasteiger partial charge in [-0.2, -0.15) is 12.6 Å². The first-order valence-corrected chi connectivity index (χ1v) is 10.1. The minimum atomic E-state index is -1.00. The zero-order valence-electron chi connectivity index (χ0n) is 13.0. The molecular formula is C12H25N3O6S3. The van der Waals surface area contributed by atoms with Gasteiger partial charge in [-0.05, 0) is 25.0 Å². The Bertz CT molecular complexity index is 365. The molecule has 9 nitrogen and oxygen atoms in total. The molecule has 0 spiro atoms.